The Hall–Kier alpha value is -2.37. The lowest BCUT2D eigenvalue weighted by atomic mass is 10.2. The van der Waals surface area contributed by atoms with Gasteiger partial charge in [-0.1, -0.05) is 48.0 Å². The minimum Gasteiger partial charge on any atom is -0.489 e. The largest absolute Gasteiger partial charge is 0.489 e. The number of ether oxygens (including phenoxy) is 1. The van der Waals surface area contributed by atoms with Crippen molar-refractivity contribution in [1.29, 1.82) is 0 Å². The van der Waals surface area contributed by atoms with E-state index >= 15 is 0 Å². The highest BCUT2D eigenvalue weighted by Crippen LogP contribution is 2.19. The zero-order chi connectivity index (χ0) is 17.2. The molecule has 24 heavy (non-hydrogen) atoms. The molecular formula is C18H18ClN3OS. The number of benzene rings is 2. The minimum absolute atomic E-state index is 0.411. The number of nitrogens with zero attached hydrogens (tertiary/aromatic N) is 1. The standard InChI is InChI=1S/C18H18ClN3OS/c1-2-10-20-18(24)22-21-12-14-6-5-8-16(11-14)23-13-15-7-3-4-9-17(15)19/h2-9,11-12H,1,10,13H2,(H2,20,22,24). The summed E-state index contributed by atoms with van der Waals surface area (Å²) < 4.78 is 5.78. The van der Waals surface area contributed by atoms with E-state index in [-0.39, 0.29) is 0 Å². The summed E-state index contributed by atoms with van der Waals surface area (Å²) in [7, 11) is 0. The van der Waals surface area contributed by atoms with Crippen LogP contribution >= 0.6 is 23.8 Å². The van der Waals surface area contributed by atoms with E-state index in [2.05, 4.69) is 22.4 Å². The molecule has 0 aliphatic rings. The molecule has 0 aromatic heterocycles. The summed E-state index contributed by atoms with van der Waals surface area (Å²) in [6.07, 6.45) is 3.39. The van der Waals surface area contributed by atoms with E-state index in [4.69, 9.17) is 28.6 Å². The third-order valence-corrected chi connectivity index (χ3v) is 3.60. The summed E-state index contributed by atoms with van der Waals surface area (Å²) in [4.78, 5) is 0. The molecule has 0 bridgehead atoms. The highest BCUT2D eigenvalue weighted by atomic mass is 35.5. The van der Waals surface area contributed by atoms with Gasteiger partial charge in [0.25, 0.3) is 0 Å². The fourth-order valence-corrected chi connectivity index (χ4v) is 2.16. The second-order valence-corrected chi connectivity index (χ2v) is 5.64. The van der Waals surface area contributed by atoms with Crippen LogP contribution in [0.25, 0.3) is 0 Å². The maximum absolute atomic E-state index is 6.12. The molecule has 0 unspecified atom stereocenters. The van der Waals surface area contributed by atoms with E-state index in [1.807, 2.05) is 48.5 Å². The molecule has 0 radical (unpaired) electrons. The molecule has 2 aromatic carbocycles. The third-order valence-electron chi connectivity index (χ3n) is 3.00. The van der Waals surface area contributed by atoms with Gasteiger partial charge in [0.1, 0.15) is 12.4 Å². The Morgan fingerprint density at radius 2 is 2.08 bits per heavy atom. The highest BCUT2D eigenvalue weighted by molar-refractivity contribution is 7.80. The van der Waals surface area contributed by atoms with Crippen LogP contribution < -0.4 is 15.5 Å². The Kier molecular flexibility index (Phi) is 7.26. The second-order valence-electron chi connectivity index (χ2n) is 4.82. The van der Waals surface area contributed by atoms with Gasteiger partial charge in [0.05, 0.1) is 6.21 Å². The maximum Gasteiger partial charge on any atom is 0.187 e. The first kappa shape index (κ1) is 18.0. The van der Waals surface area contributed by atoms with E-state index in [0.29, 0.717) is 23.3 Å². The molecule has 0 saturated heterocycles. The van der Waals surface area contributed by atoms with Crippen LogP contribution in [0.3, 0.4) is 0 Å². The van der Waals surface area contributed by atoms with Gasteiger partial charge in [0, 0.05) is 17.1 Å². The number of nitrogens with one attached hydrogen (secondary N) is 2. The Labute approximate surface area is 152 Å². The molecule has 0 amide bonds. The van der Waals surface area contributed by atoms with E-state index in [0.717, 1.165) is 16.9 Å². The van der Waals surface area contributed by atoms with Crippen molar-refractivity contribution in [3.63, 3.8) is 0 Å². The molecule has 4 nitrogen and oxygen atoms in total. The van der Waals surface area contributed by atoms with E-state index < -0.39 is 0 Å². The number of hydrogen-bond donors (Lipinski definition) is 2. The van der Waals surface area contributed by atoms with Gasteiger partial charge in [-0.25, -0.2) is 0 Å². The molecule has 0 aliphatic heterocycles. The molecule has 2 N–H and O–H groups in total. The summed E-state index contributed by atoms with van der Waals surface area (Å²) >= 11 is 11.2. The van der Waals surface area contributed by atoms with Crippen LogP contribution in [-0.4, -0.2) is 17.9 Å². The molecule has 0 fully saturated rings. The molecule has 6 heteroatoms. The Morgan fingerprint density at radius 3 is 2.88 bits per heavy atom. The fraction of sp³-hybridized carbons (Fsp3) is 0.111. The molecule has 124 valence electrons. The monoisotopic (exact) mass is 359 g/mol. The van der Waals surface area contributed by atoms with Crippen LogP contribution in [-0.2, 0) is 6.61 Å². The van der Waals surface area contributed by atoms with Crippen LogP contribution in [0.5, 0.6) is 5.75 Å². The quantitative estimate of drug-likeness (QED) is 0.340. The van der Waals surface area contributed by atoms with Gasteiger partial charge >= 0.3 is 0 Å². The Bertz CT molecular complexity index is 734. The zero-order valence-electron chi connectivity index (χ0n) is 13.0. The molecule has 2 aromatic rings. The summed E-state index contributed by atoms with van der Waals surface area (Å²) in [6, 6.07) is 15.2. The molecule has 0 aliphatic carbocycles. The lowest BCUT2D eigenvalue weighted by Gasteiger charge is -2.08. The van der Waals surface area contributed by atoms with Crippen LogP contribution in [0.4, 0.5) is 0 Å². The lowest BCUT2D eigenvalue weighted by molar-refractivity contribution is 0.306. The van der Waals surface area contributed by atoms with Crippen molar-refractivity contribution in [2.45, 2.75) is 6.61 Å². The Morgan fingerprint density at radius 1 is 1.25 bits per heavy atom. The number of hydrogen-bond acceptors (Lipinski definition) is 3. The zero-order valence-corrected chi connectivity index (χ0v) is 14.6. The van der Waals surface area contributed by atoms with E-state index in [1.165, 1.54) is 0 Å². The second kappa shape index (κ2) is 9.70. The van der Waals surface area contributed by atoms with Gasteiger partial charge in [-0.2, -0.15) is 5.10 Å². The molecule has 2 rings (SSSR count). The van der Waals surface area contributed by atoms with Crippen LogP contribution in [0.2, 0.25) is 5.02 Å². The lowest BCUT2D eigenvalue weighted by Crippen LogP contribution is -2.31. The SMILES string of the molecule is C=CCNC(=S)NN=Cc1cccc(OCc2ccccc2Cl)c1. The van der Waals surface area contributed by atoms with Crippen molar-refractivity contribution in [3.8, 4) is 5.75 Å². The summed E-state index contributed by atoms with van der Waals surface area (Å²) in [5.41, 5.74) is 4.57. The minimum atomic E-state index is 0.411. The predicted octanol–water partition coefficient (Wildman–Crippen LogP) is 3.90. The summed E-state index contributed by atoms with van der Waals surface area (Å²) in [5, 5.41) is 8.14. The molecule has 0 saturated carbocycles. The van der Waals surface area contributed by atoms with Crippen LogP contribution in [0.1, 0.15) is 11.1 Å². The topological polar surface area (TPSA) is 45.7 Å². The van der Waals surface area contributed by atoms with Gasteiger partial charge in [-0.15, -0.1) is 6.58 Å². The van der Waals surface area contributed by atoms with Crippen molar-refractivity contribution in [1.82, 2.24) is 10.7 Å². The number of rotatable bonds is 7. The third kappa shape index (κ3) is 6.02. The average Bonchev–Trinajstić information content (AvgIpc) is 2.60. The molecular weight excluding hydrogens is 342 g/mol. The molecule has 0 spiro atoms. The maximum atomic E-state index is 6.12. The fourth-order valence-electron chi connectivity index (χ4n) is 1.83. The predicted molar refractivity (Wildman–Crippen MR) is 104 cm³/mol. The highest BCUT2D eigenvalue weighted by Gasteiger charge is 2.01. The van der Waals surface area contributed by atoms with Gasteiger partial charge in [0.15, 0.2) is 5.11 Å². The van der Waals surface area contributed by atoms with Crippen molar-refractivity contribution < 1.29 is 4.74 Å². The van der Waals surface area contributed by atoms with E-state index in [1.54, 1.807) is 12.3 Å². The van der Waals surface area contributed by atoms with Crippen molar-refractivity contribution in [2.75, 3.05) is 6.54 Å². The van der Waals surface area contributed by atoms with Gasteiger partial charge in [-0.3, -0.25) is 5.43 Å². The first-order valence-corrected chi connectivity index (χ1v) is 8.11. The number of hydrazone groups is 1. The van der Waals surface area contributed by atoms with E-state index in [9.17, 15) is 0 Å². The summed E-state index contributed by atoms with van der Waals surface area (Å²) in [5.74, 6) is 0.742. The number of thiocarbonyl (C=S) groups is 1. The van der Waals surface area contributed by atoms with Crippen molar-refractivity contribution >= 4 is 35.1 Å². The first-order valence-electron chi connectivity index (χ1n) is 7.33. The first-order chi connectivity index (χ1) is 11.7. The van der Waals surface area contributed by atoms with Crippen molar-refractivity contribution in [2.24, 2.45) is 5.10 Å². The van der Waals surface area contributed by atoms with Gasteiger partial charge < -0.3 is 10.1 Å². The van der Waals surface area contributed by atoms with Crippen LogP contribution in [0, 0.1) is 0 Å². The van der Waals surface area contributed by atoms with Crippen LogP contribution in [0.15, 0.2) is 66.3 Å². The number of halogens is 1. The average molecular weight is 360 g/mol. The van der Waals surface area contributed by atoms with Gasteiger partial charge in [0.2, 0.25) is 0 Å². The normalized spacial score (nSPS) is 10.4. The van der Waals surface area contributed by atoms with Gasteiger partial charge in [-0.05, 0) is 36.0 Å². The molecule has 0 heterocycles. The van der Waals surface area contributed by atoms with Crippen molar-refractivity contribution in [3.05, 3.63) is 77.3 Å². The molecule has 0 atom stereocenters. The smallest absolute Gasteiger partial charge is 0.187 e. The summed E-state index contributed by atoms with van der Waals surface area (Å²) in [6.45, 7) is 4.61. The Balaban J connectivity index is 1.90.